The standard InChI is InChI=1S/C29H34N8O.H2S/c1-4-36-12-14-37(15-13-36)27-9-8-21(18-33-27)25-16-26(35-19-34-25)32-17-20(2)22-6-5-7-23-24(29(38)30-3)10-11-31-28(22)23;/h5-11,16,18-20H,4,12-15,17H2,1-3H3,(H,30,38)(H,32,34,35);1H2/t20-;/m1./s1. The Morgan fingerprint density at radius 2 is 1.85 bits per heavy atom. The number of para-hydroxylation sites is 1. The Bertz CT molecular complexity index is 1410. The van der Waals surface area contributed by atoms with Crippen molar-refractivity contribution in [2.45, 2.75) is 19.8 Å². The smallest absolute Gasteiger partial charge is 0.251 e. The molecule has 0 saturated carbocycles. The summed E-state index contributed by atoms with van der Waals surface area (Å²) in [5.41, 5.74) is 4.33. The maximum absolute atomic E-state index is 12.3. The zero-order valence-corrected chi connectivity index (χ0v) is 23.7. The first kappa shape index (κ1) is 28.3. The number of carbonyl (C=O) groups excluding carboxylic acids is 1. The Kier molecular flexibility index (Phi) is 9.32. The molecular formula is C29H36N8OS. The van der Waals surface area contributed by atoms with Crippen LogP contribution in [0.1, 0.15) is 35.7 Å². The van der Waals surface area contributed by atoms with Gasteiger partial charge in [0.1, 0.15) is 18.0 Å². The van der Waals surface area contributed by atoms with Gasteiger partial charge in [0.2, 0.25) is 0 Å². The number of aromatic nitrogens is 4. The number of amides is 1. The van der Waals surface area contributed by atoms with Crippen molar-refractivity contribution in [2.75, 3.05) is 56.5 Å². The Labute approximate surface area is 236 Å². The van der Waals surface area contributed by atoms with Crippen molar-refractivity contribution in [1.82, 2.24) is 30.2 Å². The predicted molar refractivity (Wildman–Crippen MR) is 162 cm³/mol. The van der Waals surface area contributed by atoms with Crippen molar-refractivity contribution >= 4 is 41.9 Å². The largest absolute Gasteiger partial charge is 0.369 e. The van der Waals surface area contributed by atoms with E-state index in [2.05, 4.69) is 67.4 Å². The SMILES string of the molecule is CCN1CCN(c2ccc(-c3cc(NC[C@@H](C)c4cccc5c(C(=O)NC)ccnc45)ncn3)cn2)CC1.S. The van der Waals surface area contributed by atoms with Gasteiger partial charge in [-0.3, -0.25) is 9.78 Å². The van der Waals surface area contributed by atoms with Crippen molar-refractivity contribution in [3.63, 3.8) is 0 Å². The lowest BCUT2D eigenvalue weighted by molar-refractivity contribution is 0.0964. The Balaban J connectivity index is 0.00000353. The number of likely N-dealkylation sites (N-methyl/N-ethyl adjacent to an activating group) is 1. The average Bonchev–Trinajstić information content (AvgIpc) is 2.99. The number of rotatable bonds is 8. The van der Waals surface area contributed by atoms with Crippen LogP contribution in [0.3, 0.4) is 0 Å². The number of hydrogen-bond acceptors (Lipinski definition) is 8. The molecule has 10 heteroatoms. The van der Waals surface area contributed by atoms with E-state index in [1.165, 1.54) is 0 Å². The normalized spacial score (nSPS) is 14.5. The molecule has 1 aliphatic rings. The minimum Gasteiger partial charge on any atom is -0.369 e. The fourth-order valence-electron chi connectivity index (χ4n) is 4.93. The van der Waals surface area contributed by atoms with Gasteiger partial charge in [-0.2, -0.15) is 13.5 Å². The number of piperazine rings is 1. The molecule has 4 heterocycles. The van der Waals surface area contributed by atoms with Gasteiger partial charge in [-0.25, -0.2) is 15.0 Å². The van der Waals surface area contributed by atoms with Crippen molar-refractivity contribution < 1.29 is 4.79 Å². The predicted octanol–water partition coefficient (Wildman–Crippen LogP) is 3.92. The van der Waals surface area contributed by atoms with Gasteiger partial charge in [0.25, 0.3) is 5.91 Å². The molecule has 0 bridgehead atoms. The summed E-state index contributed by atoms with van der Waals surface area (Å²) in [5.74, 6) is 1.78. The highest BCUT2D eigenvalue weighted by Gasteiger charge is 2.17. The number of benzene rings is 1. The van der Waals surface area contributed by atoms with Crippen LogP contribution in [0.4, 0.5) is 11.6 Å². The number of pyridine rings is 2. The number of fused-ring (bicyclic) bond motifs is 1. The summed E-state index contributed by atoms with van der Waals surface area (Å²) in [4.78, 5) is 35.3. The lowest BCUT2D eigenvalue weighted by Crippen LogP contribution is -2.46. The first-order chi connectivity index (χ1) is 18.6. The third-order valence-corrected chi connectivity index (χ3v) is 7.25. The van der Waals surface area contributed by atoms with Crippen LogP contribution in [0.15, 0.2) is 61.2 Å². The van der Waals surface area contributed by atoms with Gasteiger partial charge in [0, 0.05) is 75.1 Å². The molecule has 1 aromatic carbocycles. The summed E-state index contributed by atoms with van der Waals surface area (Å²) in [6.07, 6.45) is 5.16. The van der Waals surface area contributed by atoms with E-state index in [0.29, 0.717) is 12.1 Å². The van der Waals surface area contributed by atoms with Crippen LogP contribution in [0.2, 0.25) is 0 Å². The molecule has 204 valence electrons. The number of nitrogens with one attached hydrogen (secondary N) is 2. The third kappa shape index (κ3) is 6.29. The van der Waals surface area contributed by atoms with E-state index in [1.807, 2.05) is 24.4 Å². The molecule has 1 saturated heterocycles. The van der Waals surface area contributed by atoms with Gasteiger partial charge in [-0.1, -0.05) is 32.0 Å². The number of carbonyl (C=O) groups is 1. The van der Waals surface area contributed by atoms with E-state index in [1.54, 1.807) is 25.6 Å². The van der Waals surface area contributed by atoms with Gasteiger partial charge in [0.05, 0.1) is 16.8 Å². The van der Waals surface area contributed by atoms with E-state index >= 15 is 0 Å². The van der Waals surface area contributed by atoms with Crippen LogP contribution in [0.25, 0.3) is 22.2 Å². The van der Waals surface area contributed by atoms with Gasteiger partial charge in [0.15, 0.2) is 0 Å². The number of nitrogens with zero attached hydrogens (tertiary/aromatic N) is 6. The van der Waals surface area contributed by atoms with E-state index in [0.717, 1.165) is 72.1 Å². The van der Waals surface area contributed by atoms with E-state index in [-0.39, 0.29) is 25.3 Å². The van der Waals surface area contributed by atoms with Crippen LogP contribution < -0.4 is 15.5 Å². The quantitative estimate of drug-likeness (QED) is 0.345. The van der Waals surface area contributed by atoms with Gasteiger partial charge < -0.3 is 20.4 Å². The Morgan fingerprint density at radius 3 is 2.56 bits per heavy atom. The molecule has 9 nitrogen and oxygen atoms in total. The first-order valence-corrected chi connectivity index (χ1v) is 13.2. The number of anilines is 2. The second-order valence-corrected chi connectivity index (χ2v) is 9.58. The molecule has 3 aromatic heterocycles. The highest BCUT2D eigenvalue weighted by Crippen LogP contribution is 2.27. The highest BCUT2D eigenvalue weighted by molar-refractivity contribution is 7.59. The summed E-state index contributed by atoms with van der Waals surface area (Å²) in [6, 6.07) is 13.8. The van der Waals surface area contributed by atoms with Crippen LogP contribution in [-0.2, 0) is 0 Å². The van der Waals surface area contributed by atoms with Crippen LogP contribution in [-0.4, -0.2) is 77.1 Å². The van der Waals surface area contributed by atoms with E-state index in [4.69, 9.17) is 4.98 Å². The molecule has 0 unspecified atom stereocenters. The summed E-state index contributed by atoms with van der Waals surface area (Å²) >= 11 is 0. The van der Waals surface area contributed by atoms with Crippen LogP contribution in [0.5, 0.6) is 0 Å². The van der Waals surface area contributed by atoms with Crippen molar-refractivity contribution in [3.8, 4) is 11.3 Å². The Morgan fingerprint density at radius 1 is 1.03 bits per heavy atom. The topological polar surface area (TPSA) is 99.2 Å². The molecule has 1 aliphatic heterocycles. The maximum Gasteiger partial charge on any atom is 0.251 e. The molecule has 0 spiro atoms. The lowest BCUT2D eigenvalue weighted by atomic mass is 9.96. The molecule has 2 N–H and O–H groups in total. The van der Waals surface area contributed by atoms with Gasteiger partial charge in [-0.15, -0.1) is 0 Å². The summed E-state index contributed by atoms with van der Waals surface area (Å²) in [5, 5.41) is 7.01. The van der Waals surface area contributed by atoms with Crippen molar-refractivity contribution in [1.29, 1.82) is 0 Å². The molecule has 5 rings (SSSR count). The third-order valence-electron chi connectivity index (χ3n) is 7.25. The summed E-state index contributed by atoms with van der Waals surface area (Å²) in [6.45, 7) is 10.2. The highest BCUT2D eigenvalue weighted by atomic mass is 32.1. The van der Waals surface area contributed by atoms with E-state index in [9.17, 15) is 4.79 Å². The lowest BCUT2D eigenvalue weighted by Gasteiger charge is -2.34. The molecule has 39 heavy (non-hydrogen) atoms. The number of hydrogen-bond donors (Lipinski definition) is 2. The second-order valence-electron chi connectivity index (χ2n) is 9.58. The zero-order valence-electron chi connectivity index (χ0n) is 22.7. The Hall–Kier alpha value is -3.76. The fraction of sp³-hybridized carbons (Fsp3) is 0.345. The maximum atomic E-state index is 12.3. The second kappa shape index (κ2) is 12.9. The van der Waals surface area contributed by atoms with Crippen LogP contribution in [0, 0.1) is 0 Å². The molecule has 1 amide bonds. The molecule has 4 aromatic rings. The van der Waals surface area contributed by atoms with Crippen molar-refractivity contribution in [2.24, 2.45) is 0 Å². The zero-order chi connectivity index (χ0) is 26.5. The minimum absolute atomic E-state index is 0. The fourth-order valence-corrected chi connectivity index (χ4v) is 4.93. The van der Waals surface area contributed by atoms with Gasteiger partial charge in [-0.05, 0) is 30.3 Å². The van der Waals surface area contributed by atoms with E-state index < -0.39 is 0 Å². The summed E-state index contributed by atoms with van der Waals surface area (Å²) < 4.78 is 0. The monoisotopic (exact) mass is 544 g/mol. The molecular weight excluding hydrogens is 508 g/mol. The molecule has 0 aliphatic carbocycles. The van der Waals surface area contributed by atoms with Gasteiger partial charge >= 0.3 is 0 Å². The summed E-state index contributed by atoms with van der Waals surface area (Å²) in [7, 11) is 1.64. The average molecular weight is 545 g/mol. The van der Waals surface area contributed by atoms with Crippen LogP contribution >= 0.6 is 13.5 Å². The van der Waals surface area contributed by atoms with Crippen molar-refractivity contribution in [3.05, 3.63) is 72.3 Å². The minimum atomic E-state index is -0.115. The molecule has 1 atom stereocenters. The molecule has 0 radical (unpaired) electrons. The first-order valence-electron chi connectivity index (χ1n) is 13.2. The molecule has 1 fully saturated rings.